The van der Waals surface area contributed by atoms with E-state index in [2.05, 4.69) is 22.8 Å². The number of para-hydroxylation sites is 1. The van der Waals surface area contributed by atoms with E-state index in [1.165, 1.54) is 18.4 Å². The van der Waals surface area contributed by atoms with Gasteiger partial charge in [0.2, 0.25) is 0 Å². The molecule has 23 heavy (non-hydrogen) atoms. The van der Waals surface area contributed by atoms with Crippen LogP contribution in [0.5, 0.6) is 0 Å². The number of urea groups is 1. The lowest BCUT2D eigenvalue weighted by molar-refractivity contribution is 0.258. The number of hydrogen-bond acceptors (Lipinski definition) is 2. The van der Waals surface area contributed by atoms with Crippen LogP contribution in [-0.4, -0.2) is 26.2 Å². The van der Waals surface area contributed by atoms with Crippen LogP contribution >= 0.6 is 0 Å². The highest BCUT2D eigenvalue weighted by atomic mass is 16.2. The fraction of sp³-hybridized carbons (Fsp3) is 0.316. The number of benzene rings is 2. The van der Waals surface area contributed by atoms with Crippen LogP contribution in [0, 0.1) is 0 Å². The van der Waals surface area contributed by atoms with Crippen LogP contribution in [-0.2, 0) is 0 Å². The number of anilines is 2. The predicted molar refractivity (Wildman–Crippen MR) is 95.2 cm³/mol. The maximum absolute atomic E-state index is 12.4. The molecule has 2 aromatic carbocycles. The summed E-state index contributed by atoms with van der Waals surface area (Å²) < 4.78 is 0. The fourth-order valence-electron chi connectivity index (χ4n) is 2.97. The SMILES string of the molecule is CN(C(=O)Nc1ccccc1)c1cccc(C2CCCNC2)c1. The Morgan fingerprint density at radius 1 is 1.17 bits per heavy atom. The van der Waals surface area contributed by atoms with Crippen LogP contribution in [0.3, 0.4) is 0 Å². The summed E-state index contributed by atoms with van der Waals surface area (Å²) in [5, 5.41) is 6.36. The van der Waals surface area contributed by atoms with Crippen molar-refractivity contribution < 1.29 is 4.79 Å². The minimum absolute atomic E-state index is 0.130. The van der Waals surface area contributed by atoms with Crippen molar-refractivity contribution >= 4 is 17.4 Å². The van der Waals surface area contributed by atoms with Gasteiger partial charge < -0.3 is 10.6 Å². The summed E-state index contributed by atoms with van der Waals surface area (Å²) in [4.78, 5) is 14.1. The monoisotopic (exact) mass is 309 g/mol. The van der Waals surface area contributed by atoms with Gasteiger partial charge in [-0.05, 0) is 55.1 Å². The zero-order valence-corrected chi connectivity index (χ0v) is 13.5. The topological polar surface area (TPSA) is 44.4 Å². The first-order valence-corrected chi connectivity index (χ1v) is 8.14. The minimum atomic E-state index is -0.130. The molecular formula is C19H23N3O. The van der Waals surface area contributed by atoms with Crippen molar-refractivity contribution in [3.05, 3.63) is 60.2 Å². The van der Waals surface area contributed by atoms with Gasteiger partial charge in [-0.25, -0.2) is 4.79 Å². The Morgan fingerprint density at radius 2 is 2.00 bits per heavy atom. The van der Waals surface area contributed by atoms with Gasteiger partial charge in [0.1, 0.15) is 0 Å². The molecule has 1 unspecified atom stereocenters. The lowest BCUT2D eigenvalue weighted by Crippen LogP contribution is -2.31. The molecule has 2 aromatic rings. The van der Waals surface area contributed by atoms with Crippen LogP contribution in [0.4, 0.5) is 16.2 Å². The molecule has 4 nitrogen and oxygen atoms in total. The van der Waals surface area contributed by atoms with Crippen molar-refractivity contribution in [2.45, 2.75) is 18.8 Å². The third-order valence-electron chi connectivity index (χ3n) is 4.36. The van der Waals surface area contributed by atoms with Gasteiger partial charge in [0.15, 0.2) is 0 Å². The fourth-order valence-corrected chi connectivity index (χ4v) is 2.97. The summed E-state index contributed by atoms with van der Waals surface area (Å²) in [5.41, 5.74) is 3.02. The number of nitrogens with one attached hydrogen (secondary N) is 2. The number of piperidine rings is 1. The largest absolute Gasteiger partial charge is 0.326 e. The maximum atomic E-state index is 12.4. The third kappa shape index (κ3) is 3.90. The molecule has 2 amide bonds. The third-order valence-corrected chi connectivity index (χ3v) is 4.36. The summed E-state index contributed by atoms with van der Waals surface area (Å²) in [6, 6.07) is 17.7. The Balaban J connectivity index is 1.71. The van der Waals surface area contributed by atoms with Gasteiger partial charge in [0.25, 0.3) is 0 Å². The second-order valence-electron chi connectivity index (χ2n) is 5.99. The molecule has 1 saturated heterocycles. The quantitative estimate of drug-likeness (QED) is 0.905. The van der Waals surface area contributed by atoms with Crippen molar-refractivity contribution in [2.75, 3.05) is 30.4 Å². The molecule has 0 radical (unpaired) electrons. The van der Waals surface area contributed by atoms with Crippen LogP contribution in [0.2, 0.25) is 0 Å². The molecule has 1 fully saturated rings. The van der Waals surface area contributed by atoms with Crippen molar-refractivity contribution in [2.24, 2.45) is 0 Å². The summed E-state index contributed by atoms with van der Waals surface area (Å²) >= 11 is 0. The first kappa shape index (κ1) is 15.6. The van der Waals surface area contributed by atoms with Crippen molar-refractivity contribution in [3.8, 4) is 0 Å². The molecule has 120 valence electrons. The molecule has 0 saturated carbocycles. The Labute approximate surface area is 137 Å². The standard InChI is InChI=1S/C19H23N3O/c1-22(19(23)21-17-9-3-2-4-10-17)18-11-5-7-15(13-18)16-8-6-12-20-14-16/h2-5,7,9-11,13,16,20H,6,8,12,14H2,1H3,(H,21,23). The number of amides is 2. The molecule has 0 bridgehead atoms. The van der Waals surface area contributed by atoms with E-state index < -0.39 is 0 Å². The van der Waals surface area contributed by atoms with Crippen LogP contribution in [0.1, 0.15) is 24.3 Å². The Hall–Kier alpha value is -2.33. The molecule has 4 heteroatoms. The molecule has 2 N–H and O–H groups in total. The number of rotatable bonds is 3. The van der Waals surface area contributed by atoms with Crippen molar-refractivity contribution in [3.63, 3.8) is 0 Å². The van der Waals surface area contributed by atoms with Crippen molar-refractivity contribution in [1.29, 1.82) is 0 Å². The Morgan fingerprint density at radius 3 is 2.74 bits per heavy atom. The summed E-state index contributed by atoms with van der Waals surface area (Å²) in [6.07, 6.45) is 2.41. The predicted octanol–water partition coefficient (Wildman–Crippen LogP) is 3.82. The molecule has 1 atom stereocenters. The highest BCUT2D eigenvalue weighted by molar-refractivity contribution is 6.01. The zero-order valence-electron chi connectivity index (χ0n) is 13.5. The zero-order chi connectivity index (χ0) is 16.1. The second-order valence-corrected chi connectivity index (χ2v) is 5.99. The maximum Gasteiger partial charge on any atom is 0.326 e. The van der Waals surface area contributed by atoms with E-state index in [4.69, 9.17) is 0 Å². The number of hydrogen-bond donors (Lipinski definition) is 2. The normalized spacial score (nSPS) is 17.5. The van der Waals surface area contributed by atoms with E-state index in [1.54, 1.807) is 11.9 Å². The van der Waals surface area contributed by atoms with E-state index in [1.807, 2.05) is 42.5 Å². The van der Waals surface area contributed by atoms with Gasteiger partial charge in [0.05, 0.1) is 0 Å². The first-order valence-electron chi connectivity index (χ1n) is 8.14. The highest BCUT2D eigenvalue weighted by Crippen LogP contribution is 2.26. The average molecular weight is 309 g/mol. The molecular weight excluding hydrogens is 286 g/mol. The first-order chi connectivity index (χ1) is 11.2. The minimum Gasteiger partial charge on any atom is -0.316 e. The summed E-state index contributed by atoms with van der Waals surface area (Å²) in [6.45, 7) is 2.12. The van der Waals surface area contributed by atoms with Gasteiger partial charge in [-0.1, -0.05) is 30.3 Å². The lowest BCUT2D eigenvalue weighted by Gasteiger charge is -2.25. The number of nitrogens with zero attached hydrogens (tertiary/aromatic N) is 1. The molecule has 1 aliphatic heterocycles. The molecule has 3 rings (SSSR count). The Bertz CT molecular complexity index is 651. The number of carbonyl (C=O) groups is 1. The van der Waals surface area contributed by atoms with Gasteiger partial charge in [-0.15, -0.1) is 0 Å². The summed E-state index contributed by atoms with van der Waals surface area (Å²) in [5.74, 6) is 0.536. The van der Waals surface area contributed by atoms with Gasteiger partial charge >= 0.3 is 6.03 Å². The summed E-state index contributed by atoms with van der Waals surface area (Å²) in [7, 11) is 1.80. The van der Waals surface area contributed by atoms with Gasteiger partial charge in [-0.2, -0.15) is 0 Å². The van der Waals surface area contributed by atoms with Crippen LogP contribution in [0.15, 0.2) is 54.6 Å². The number of carbonyl (C=O) groups excluding carboxylic acids is 1. The van der Waals surface area contributed by atoms with E-state index >= 15 is 0 Å². The molecule has 0 spiro atoms. The molecule has 1 heterocycles. The van der Waals surface area contributed by atoms with Gasteiger partial charge in [0, 0.05) is 25.0 Å². The highest BCUT2D eigenvalue weighted by Gasteiger charge is 2.17. The average Bonchev–Trinajstić information content (AvgIpc) is 2.63. The molecule has 1 aliphatic rings. The van der Waals surface area contributed by atoms with E-state index in [9.17, 15) is 4.79 Å². The molecule has 0 aliphatic carbocycles. The second kappa shape index (κ2) is 7.29. The van der Waals surface area contributed by atoms with Crippen LogP contribution in [0.25, 0.3) is 0 Å². The van der Waals surface area contributed by atoms with Gasteiger partial charge in [-0.3, -0.25) is 4.90 Å². The van der Waals surface area contributed by atoms with Crippen molar-refractivity contribution in [1.82, 2.24) is 5.32 Å². The lowest BCUT2D eigenvalue weighted by atomic mass is 9.91. The van der Waals surface area contributed by atoms with E-state index in [-0.39, 0.29) is 6.03 Å². The smallest absolute Gasteiger partial charge is 0.316 e. The molecule has 0 aromatic heterocycles. The Kier molecular flexibility index (Phi) is 4.93. The van der Waals surface area contributed by atoms with E-state index in [0.717, 1.165) is 24.5 Å². The van der Waals surface area contributed by atoms with E-state index in [0.29, 0.717) is 5.92 Å². The van der Waals surface area contributed by atoms with Crippen LogP contribution < -0.4 is 15.5 Å².